The molecule has 2 N–H and O–H groups in total. The molecule has 2 rings (SSSR count). The number of thiocarbonyl (C=S) groups is 1. The van der Waals surface area contributed by atoms with Crippen LogP contribution in [-0.4, -0.2) is 5.11 Å². The Morgan fingerprint density at radius 1 is 0.850 bits per heavy atom. The Morgan fingerprint density at radius 3 is 1.60 bits per heavy atom. The molecule has 104 valence electrons. The smallest absolute Gasteiger partial charge is 0.175 e. The molecule has 2 aromatic rings. The van der Waals surface area contributed by atoms with Crippen molar-refractivity contribution < 1.29 is 8.78 Å². The highest BCUT2D eigenvalue weighted by Gasteiger charge is 2.08. The van der Waals surface area contributed by atoms with Crippen LogP contribution in [0.15, 0.2) is 36.4 Å². The molecule has 0 saturated heterocycles. The van der Waals surface area contributed by atoms with Gasteiger partial charge in [0.1, 0.15) is 11.6 Å². The van der Waals surface area contributed by atoms with Crippen molar-refractivity contribution in [3.63, 3.8) is 0 Å². The third kappa shape index (κ3) is 3.79. The summed E-state index contributed by atoms with van der Waals surface area (Å²) in [4.78, 5) is 0. The first-order valence-corrected chi connectivity index (χ1v) is 6.60. The van der Waals surface area contributed by atoms with Crippen LogP contribution in [0, 0.1) is 11.6 Å². The van der Waals surface area contributed by atoms with E-state index in [1.165, 1.54) is 24.3 Å². The Morgan fingerprint density at radius 2 is 1.25 bits per heavy atom. The summed E-state index contributed by atoms with van der Waals surface area (Å²) in [5.41, 5.74) is 0.280. The summed E-state index contributed by atoms with van der Waals surface area (Å²) in [7, 11) is 0. The quantitative estimate of drug-likeness (QED) is 0.750. The summed E-state index contributed by atoms with van der Waals surface area (Å²) in [6, 6.07) is 8.19. The molecule has 0 aliphatic rings. The first-order valence-electron chi connectivity index (χ1n) is 5.44. The summed E-state index contributed by atoms with van der Waals surface area (Å²) in [6.07, 6.45) is 0. The van der Waals surface area contributed by atoms with E-state index in [-0.39, 0.29) is 26.5 Å². The molecule has 0 unspecified atom stereocenters. The van der Waals surface area contributed by atoms with Crippen LogP contribution in [-0.2, 0) is 0 Å². The molecular weight excluding hydrogens is 325 g/mol. The molecule has 0 fully saturated rings. The predicted molar refractivity (Wildman–Crippen MR) is 82.7 cm³/mol. The predicted octanol–water partition coefficient (Wildman–Crippen LogP) is 5.08. The lowest BCUT2D eigenvalue weighted by Crippen LogP contribution is -2.20. The van der Waals surface area contributed by atoms with Crippen molar-refractivity contribution in [1.29, 1.82) is 0 Å². The van der Waals surface area contributed by atoms with Gasteiger partial charge in [0.25, 0.3) is 0 Å². The van der Waals surface area contributed by atoms with Gasteiger partial charge in [0.15, 0.2) is 5.11 Å². The zero-order valence-electron chi connectivity index (χ0n) is 9.88. The third-order valence-electron chi connectivity index (χ3n) is 2.36. The molecule has 20 heavy (non-hydrogen) atoms. The van der Waals surface area contributed by atoms with Crippen molar-refractivity contribution in [3.8, 4) is 0 Å². The van der Waals surface area contributed by atoms with E-state index >= 15 is 0 Å². The fourth-order valence-electron chi connectivity index (χ4n) is 1.46. The lowest BCUT2D eigenvalue weighted by Gasteiger charge is -2.12. The monoisotopic (exact) mass is 332 g/mol. The van der Waals surface area contributed by atoms with Gasteiger partial charge in [-0.2, -0.15) is 0 Å². The fraction of sp³-hybridized carbons (Fsp3) is 0. The second kappa shape index (κ2) is 6.35. The Kier molecular flexibility index (Phi) is 4.75. The number of halogens is 4. The number of nitrogens with one attached hydrogen (secondary N) is 2. The normalized spacial score (nSPS) is 10.2. The highest BCUT2D eigenvalue weighted by molar-refractivity contribution is 7.80. The van der Waals surface area contributed by atoms with Gasteiger partial charge in [-0.1, -0.05) is 23.2 Å². The zero-order valence-corrected chi connectivity index (χ0v) is 12.2. The number of rotatable bonds is 2. The van der Waals surface area contributed by atoms with Gasteiger partial charge >= 0.3 is 0 Å². The summed E-state index contributed by atoms with van der Waals surface area (Å²) >= 11 is 16.3. The van der Waals surface area contributed by atoms with Gasteiger partial charge in [0, 0.05) is 10.0 Å². The van der Waals surface area contributed by atoms with E-state index in [4.69, 9.17) is 35.4 Å². The van der Waals surface area contributed by atoms with Crippen LogP contribution in [0.5, 0.6) is 0 Å². The number of benzene rings is 2. The molecule has 0 heterocycles. The fourth-order valence-corrected chi connectivity index (χ4v) is 2.00. The van der Waals surface area contributed by atoms with Crippen LogP contribution in [0.2, 0.25) is 10.0 Å². The SMILES string of the molecule is Fc1cc(Cl)ccc1NC(=S)Nc1ccc(Cl)cc1F. The molecule has 0 aliphatic heterocycles. The molecule has 0 aliphatic carbocycles. The van der Waals surface area contributed by atoms with Crippen LogP contribution in [0.4, 0.5) is 20.2 Å². The van der Waals surface area contributed by atoms with Gasteiger partial charge < -0.3 is 10.6 Å². The standard InChI is InChI=1S/C13H8Cl2F2N2S/c14-7-1-3-11(9(16)5-7)18-13(20)19-12-4-2-8(15)6-10(12)17/h1-6H,(H2,18,19,20). The molecule has 7 heteroatoms. The van der Waals surface area contributed by atoms with Gasteiger partial charge in [0.05, 0.1) is 11.4 Å². The van der Waals surface area contributed by atoms with Gasteiger partial charge in [0.2, 0.25) is 0 Å². The Hall–Kier alpha value is -1.43. The lowest BCUT2D eigenvalue weighted by atomic mass is 10.3. The molecule has 2 aromatic carbocycles. The van der Waals surface area contributed by atoms with Gasteiger partial charge in [-0.3, -0.25) is 0 Å². The van der Waals surface area contributed by atoms with Crippen molar-refractivity contribution in [1.82, 2.24) is 0 Å². The van der Waals surface area contributed by atoms with E-state index in [9.17, 15) is 8.78 Å². The highest BCUT2D eigenvalue weighted by atomic mass is 35.5. The molecule has 0 spiro atoms. The molecular formula is C13H8Cl2F2N2S. The van der Waals surface area contributed by atoms with E-state index in [1.54, 1.807) is 0 Å². The second-order valence-electron chi connectivity index (χ2n) is 3.83. The number of anilines is 2. The molecule has 0 saturated carbocycles. The van der Waals surface area contributed by atoms with Crippen LogP contribution in [0.25, 0.3) is 0 Å². The van der Waals surface area contributed by atoms with Crippen LogP contribution in [0.3, 0.4) is 0 Å². The first-order chi connectivity index (χ1) is 9.45. The van der Waals surface area contributed by atoms with Gasteiger partial charge in [-0.25, -0.2) is 8.78 Å². The van der Waals surface area contributed by atoms with E-state index < -0.39 is 11.6 Å². The molecule has 0 bridgehead atoms. The maximum atomic E-state index is 13.6. The third-order valence-corrected chi connectivity index (χ3v) is 3.03. The highest BCUT2D eigenvalue weighted by Crippen LogP contribution is 2.21. The van der Waals surface area contributed by atoms with E-state index in [1.807, 2.05) is 0 Å². The zero-order chi connectivity index (χ0) is 14.7. The Balaban J connectivity index is 2.09. The summed E-state index contributed by atoms with van der Waals surface area (Å²) < 4.78 is 27.1. The largest absolute Gasteiger partial charge is 0.330 e. The minimum absolute atomic E-state index is 0.0486. The first kappa shape index (κ1) is 15.0. The minimum atomic E-state index is -0.557. The molecule has 2 nitrogen and oxygen atoms in total. The van der Waals surface area contributed by atoms with Crippen LogP contribution < -0.4 is 10.6 Å². The van der Waals surface area contributed by atoms with Crippen molar-refractivity contribution in [3.05, 3.63) is 58.1 Å². The average Bonchev–Trinajstić information content (AvgIpc) is 2.36. The van der Waals surface area contributed by atoms with Crippen LogP contribution >= 0.6 is 35.4 Å². The minimum Gasteiger partial charge on any atom is -0.330 e. The lowest BCUT2D eigenvalue weighted by molar-refractivity contribution is 0.632. The van der Waals surface area contributed by atoms with E-state index in [0.29, 0.717) is 0 Å². The summed E-state index contributed by atoms with van der Waals surface area (Å²) in [5, 5.41) is 5.83. The Bertz CT molecular complexity index is 609. The maximum Gasteiger partial charge on any atom is 0.175 e. The van der Waals surface area contributed by atoms with Crippen molar-refractivity contribution in [2.24, 2.45) is 0 Å². The van der Waals surface area contributed by atoms with E-state index in [2.05, 4.69) is 10.6 Å². The summed E-state index contributed by atoms with van der Waals surface area (Å²) in [6.45, 7) is 0. The molecule has 0 radical (unpaired) electrons. The summed E-state index contributed by atoms with van der Waals surface area (Å²) in [5.74, 6) is -1.11. The second-order valence-corrected chi connectivity index (χ2v) is 5.11. The average molecular weight is 333 g/mol. The topological polar surface area (TPSA) is 24.1 Å². The van der Waals surface area contributed by atoms with Gasteiger partial charge in [-0.15, -0.1) is 0 Å². The van der Waals surface area contributed by atoms with Crippen LogP contribution in [0.1, 0.15) is 0 Å². The van der Waals surface area contributed by atoms with Crippen molar-refractivity contribution in [2.75, 3.05) is 10.6 Å². The molecule has 0 aromatic heterocycles. The number of hydrogen-bond donors (Lipinski definition) is 2. The van der Waals surface area contributed by atoms with Crippen molar-refractivity contribution >= 4 is 51.9 Å². The maximum absolute atomic E-state index is 13.6. The van der Waals surface area contributed by atoms with Crippen molar-refractivity contribution in [2.45, 2.75) is 0 Å². The number of hydrogen-bond acceptors (Lipinski definition) is 1. The Labute approximate surface area is 129 Å². The molecule has 0 amide bonds. The van der Waals surface area contributed by atoms with E-state index in [0.717, 1.165) is 12.1 Å². The van der Waals surface area contributed by atoms with Gasteiger partial charge in [-0.05, 0) is 48.6 Å². The molecule has 0 atom stereocenters.